The second-order valence-electron chi connectivity index (χ2n) is 4.38. The Hall–Kier alpha value is -1.58. The van der Waals surface area contributed by atoms with Crippen LogP contribution in [0.4, 0.5) is 0 Å². The minimum Gasteiger partial charge on any atom is -0.457 e. The third-order valence-corrected chi connectivity index (χ3v) is 3.14. The summed E-state index contributed by atoms with van der Waals surface area (Å²) in [5, 5.41) is 0. The van der Waals surface area contributed by atoms with Crippen LogP contribution in [0.2, 0.25) is 0 Å². The van der Waals surface area contributed by atoms with Crippen molar-refractivity contribution in [1.29, 1.82) is 0 Å². The molecule has 1 aromatic carbocycles. The molecule has 1 heterocycles. The lowest BCUT2D eigenvalue weighted by molar-refractivity contribution is 0.378. The second kappa shape index (κ2) is 3.20. The molecule has 0 radical (unpaired) electrons. The van der Waals surface area contributed by atoms with Crippen molar-refractivity contribution >= 4 is 0 Å². The van der Waals surface area contributed by atoms with Crippen LogP contribution in [-0.2, 0) is 6.42 Å². The molecular formula is C13H14N2O. The molecule has 82 valence electrons. The number of allylic oxidation sites excluding steroid dienone is 1. The zero-order valence-corrected chi connectivity index (χ0v) is 8.94. The molecule has 0 fully saturated rings. The van der Waals surface area contributed by atoms with Gasteiger partial charge >= 0.3 is 0 Å². The zero-order valence-electron chi connectivity index (χ0n) is 8.94. The summed E-state index contributed by atoms with van der Waals surface area (Å²) in [6.07, 6.45) is 5.37. The van der Waals surface area contributed by atoms with Crippen molar-refractivity contribution in [3.05, 3.63) is 53.3 Å². The molecule has 1 aromatic rings. The van der Waals surface area contributed by atoms with Crippen LogP contribution in [-0.4, -0.2) is 5.66 Å². The first kappa shape index (κ1) is 9.63. The van der Waals surface area contributed by atoms with Crippen molar-refractivity contribution in [1.82, 2.24) is 0 Å². The van der Waals surface area contributed by atoms with E-state index in [0.717, 1.165) is 29.1 Å². The maximum atomic E-state index is 6.08. The average Bonchev–Trinajstić information content (AvgIpc) is 2.27. The highest BCUT2D eigenvalue weighted by Gasteiger charge is 2.33. The van der Waals surface area contributed by atoms with Gasteiger partial charge in [0.1, 0.15) is 11.5 Å². The Balaban J connectivity index is 2.08. The van der Waals surface area contributed by atoms with Gasteiger partial charge in [0.25, 0.3) is 0 Å². The molecule has 0 aromatic heterocycles. The van der Waals surface area contributed by atoms with Crippen LogP contribution < -0.4 is 16.2 Å². The Kier molecular flexibility index (Phi) is 1.93. The third kappa shape index (κ3) is 1.37. The fourth-order valence-electron chi connectivity index (χ4n) is 2.22. The summed E-state index contributed by atoms with van der Waals surface area (Å²) in [4.78, 5) is 0. The predicted molar refractivity (Wildman–Crippen MR) is 62.7 cm³/mol. The van der Waals surface area contributed by atoms with Crippen LogP contribution in [0.25, 0.3) is 0 Å². The number of nitrogens with two attached hydrogens (primary N) is 2. The predicted octanol–water partition coefficient (Wildman–Crippen LogP) is 1.45. The van der Waals surface area contributed by atoms with Crippen LogP contribution in [0.5, 0.6) is 5.75 Å². The van der Waals surface area contributed by atoms with Crippen LogP contribution in [0, 0.1) is 0 Å². The van der Waals surface area contributed by atoms with Gasteiger partial charge in [-0.05, 0) is 17.7 Å². The van der Waals surface area contributed by atoms with E-state index in [2.05, 4.69) is 0 Å². The lowest BCUT2D eigenvalue weighted by Gasteiger charge is -2.34. The van der Waals surface area contributed by atoms with E-state index in [-0.39, 0.29) is 0 Å². The Labute approximate surface area is 94.4 Å². The fraction of sp³-hybridized carbons (Fsp3) is 0.231. The lowest BCUT2D eigenvalue weighted by Crippen LogP contribution is -2.53. The lowest BCUT2D eigenvalue weighted by atomic mass is 9.86. The highest BCUT2D eigenvalue weighted by molar-refractivity contribution is 5.48. The monoisotopic (exact) mass is 214 g/mol. The van der Waals surface area contributed by atoms with Crippen molar-refractivity contribution < 1.29 is 4.74 Å². The average molecular weight is 214 g/mol. The van der Waals surface area contributed by atoms with E-state index in [4.69, 9.17) is 16.2 Å². The third-order valence-electron chi connectivity index (χ3n) is 3.14. The van der Waals surface area contributed by atoms with Gasteiger partial charge in [0.15, 0.2) is 0 Å². The topological polar surface area (TPSA) is 61.3 Å². The maximum absolute atomic E-state index is 6.08. The molecule has 4 N–H and O–H groups in total. The first-order valence-corrected chi connectivity index (χ1v) is 5.40. The van der Waals surface area contributed by atoms with E-state index < -0.39 is 5.66 Å². The largest absolute Gasteiger partial charge is 0.457 e. The van der Waals surface area contributed by atoms with Gasteiger partial charge in [0, 0.05) is 18.4 Å². The summed E-state index contributed by atoms with van der Waals surface area (Å²) in [6.45, 7) is 0. The van der Waals surface area contributed by atoms with Crippen molar-refractivity contribution in [2.45, 2.75) is 18.5 Å². The number of hydrogen-bond acceptors (Lipinski definition) is 3. The van der Waals surface area contributed by atoms with E-state index in [0.29, 0.717) is 6.42 Å². The van der Waals surface area contributed by atoms with E-state index in [1.165, 1.54) is 0 Å². The normalized spacial score (nSPS) is 21.1. The van der Waals surface area contributed by atoms with Gasteiger partial charge in [-0.1, -0.05) is 24.3 Å². The van der Waals surface area contributed by atoms with Crippen molar-refractivity contribution in [3.8, 4) is 5.75 Å². The molecule has 16 heavy (non-hydrogen) atoms. The van der Waals surface area contributed by atoms with E-state index >= 15 is 0 Å². The smallest absolute Gasteiger partial charge is 0.130 e. The number of para-hydroxylation sites is 1. The van der Waals surface area contributed by atoms with Crippen LogP contribution in [0.1, 0.15) is 12.0 Å². The number of rotatable bonds is 0. The number of fused-ring (bicyclic) bond motifs is 1. The molecule has 0 saturated carbocycles. The highest BCUT2D eigenvalue weighted by atomic mass is 16.5. The Morgan fingerprint density at radius 3 is 2.88 bits per heavy atom. The Morgan fingerprint density at radius 2 is 2.00 bits per heavy atom. The summed E-state index contributed by atoms with van der Waals surface area (Å²) in [6, 6.07) is 7.99. The van der Waals surface area contributed by atoms with Gasteiger partial charge in [-0.15, -0.1) is 0 Å². The fourth-order valence-corrected chi connectivity index (χ4v) is 2.22. The summed E-state index contributed by atoms with van der Waals surface area (Å²) < 4.78 is 5.80. The van der Waals surface area contributed by atoms with Crippen LogP contribution in [0.3, 0.4) is 0 Å². The molecule has 0 bridgehead atoms. The standard InChI is InChI=1S/C13H14N2O/c14-13(15)7-3-6-12-10(13)8-9-4-1-2-5-11(9)16-12/h1-6H,7-8,14-15H2. The minimum atomic E-state index is -0.766. The summed E-state index contributed by atoms with van der Waals surface area (Å²) in [5.41, 5.74) is 13.5. The molecule has 0 atom stereocenters. The van der Waals surface area contributed by atoms with E-state index in [9.17, 15) is 0 Å². The first-order chi connectivity index (χ1) is 7.67. The summed E-state index contributed by atoms with van der Waals surface area (Å²) in [5.74, 6) is 1.72. The molecule has 0 amide bonds. The number of ether oxygens (including phenoxy) is 1. The van der Waals surface area contributed by atoms with E-state index in [1.807, 2.05) is 36.4 Å². The van der Waals surface area contributed by atoms with Crippen LogP contribution in [0.15, 0.2) is 47.7 Å². The van der Waals surface area contributed by atoms with Gasteiger partial charge < -0.3 is 16.2 Å². The first-order valence-electron chi connectivity index (χ1n) is 5.40. The molecule has 1 aliphatic heterocycles. The molecule has 0 saturated heterocycles. The molecular weight excluding hydrogens is 200 g/mol. The Morgan fingerprint density at radius 1 is 1.19 bits per heavy atom. The van der Waals surface area contributed by atoms with Crippen LogP contribution >= 0.6 is 0 Å². The SMILES string of the molecule is NC1(N)CC=CC2=C1Cc1ccccc1O2. The van der Waals surface area contributed by atoms with Gasteiger partial charge in [0.05, 0.1) is 5.66 Å². The van der Waals surface area contributed by atoms with Crippen molar-refractivity contribution in [3.63, 3.8) is 0 Å². The summed E-state index contributed by atoms with van der Waals surface area (Å²) >= 11 is 0. The molecule has 0 spiro atoms. The number of benzene rings is 1. The Bertz CT molecular complexity index is 500. The summed E-state index contributed by atoms with van der Waals surface area (Å²) in [7, 11) is 0. The van der Waals surface area contributed by atoms with Gasteiger partial charge in [-0.2, -0.15) is 0 Å². The van der Waals surface area contributed by atoms with Crippen molar-refractivity contribution in [2.75, 3.05) is 0 Å². The molecule has 0 unspecified atom stereocenters. The molecule has 3 rings (SSSR count). The molecule has 3 nitrogen and oxygen atoms in total. The molecule has 2 aliphatic rings. The molecule has 3 heteroatoms. The van der Waals surface area contributed by atoms with Crippen molar-refractivity contribution in [2.24, 2.45) is 11.5 Å². The minimum absolute atomic E-state index is 0.664. The molecule has 1 aliphatic carbocycles. The number of hydrogen-bond donors (Lipinski definition) is 2. The highest BCUT2D eigenvalue weighted by Crippen LogP contribution is 2.36. The zero-order chi connectivity index (χ0) is 11.2. The second-order valence-corrected chi connectivity index (χ2v) is 4.38. The van der Waals surface area contributed by atoms with E-state index in [1.54, 1.807) is 0 Å². The van der Waals surface area contributed by atoms with Gasteiger partial charge in [-0.25, -0.2) is 0 Å². The quantitative estimate of drug-likeness (QED) is 0.642. The van der Waals surface area contributed by atoms with Gasteiger partial charge in [0.2, 0.25) is 0 Å². The maximum Gasteiger partial charge on any atom is 0.130 e. The van der Waals surface area contributed by atoms with Gasteiger partial charge in [-0.3, -0.25) is 0 Å².